The van der Waals surface area contributed by atoms with Gasteiger partial charge in [-0.25, -0.2) is 0 Å². The van der Waals surface area contributed by atoms with E-state index in [1.54, 1.807) is 0 Å². The van der Waals surface area contributed by atoms with E-state index < -0.39 is 12.2 Å². The monoisotopic (exact) mass is 256 g/mol. The van der Waals surface area contributed by atoms with Crippen LogP contribution in [0.5, 0.6) is 0 Å². The third-order valence-electron chi connectivity index (χ3n) is 3.21. The second-order valence-corrected chi connectivity index (χ2v) is 4.68. The van der Waals surface area contributed by atoms with Crippen LogP contribution in [-0.4, -0.2) is 31.1 Å². The fraction of sp³-hybridized carbons (Fsp3) is 0.857. The van der Waals surface area contributed by atoms with Crippen LogP contribution in [0.4, 0.5) is 0 Å². The predicted molar refractivity (Wildman–Crippen MR) is 68.2 cm³/mol. The Labute approximate surface area is 109 Å². The summed E-state index contributed by atoms with van der Waals surface area (Å²) >= 11 is 0. The number of unbranched alkanes of at least 4 members (excludes halogenated alkanes) is 1. The van der Waals surface area contributed by atoms with E-state index in [0.717, 1.165) is 12.8 Å². The van der Waals surface area contributed by atoms with Gasteiger partial charge in [0.15, 0.2) is 6.29 Å². The molecule has 0 radical (unpaired) electrons. The predicted octanol–water partition coefficient (Wildman–Crippen LogP) is 2.49. The molecule has 0 spiro atoms. The molecular weight excluding hydrogens is 232 g/mol. The quantitative estimate of drug-likeness (QED) is 0.380. The Kier molecular flexibility index (Phi) is 7.13. The molecule has 1 atom stereocenters. The second-order valence-electron chi connectivity index (χ2n) is 4.68. The Hall–Kier alpha value is -0.740. The summed E-state index contributed by atoms with van der Waals surface area (Å²) in [6.45, 7) is 5.14. The minimum atomic E-state index is -0.503. The molecule has 0 saturated heterocycles. The van der Waals surface area contributed by atoms with Gasteiger partial charge in [-0.15, -0.1) is 0 Å². The number of carbonyl (C=O) groups is 2. The molecule has 0 bridgehead atoms. The fourth-order valence-corrected chi connectivity index (χ4v) is 2.15. The van der Waals surface area contributed by atoms with Crippen LogP contribution < -0.4 is 0 Å². The van der Waals surface area contributed by atoms with E-state index in [2.05, 4.69) is 6.92 Å². The molecule has 0 heterocycles. The standard InChI is InChI=1S/C14H24O4/c1-3-5-9-18-14(17-4-2)10-11-12(15)7-6-8-13(11)16/h11,14H,3-10H2,1-2H3. The molecule has 1 aliphatic carbocycles. The van der Waals surface area contributed by atoms with Crippen LogP contribution in [-0.2, 0) is 19.1 Å². The van der Waals surface area contributed by atoms with Crippen LogP contribution in [0.3, 0.4) is 0 Å². The second kappa shape index (κ2) is 8.38. The van der Waals surface area contributed by atoms with Crippen LogP contribution in [0.1, 0.15) is 52.4 Å². The lowest BCUT2D eigenvalue weighted by Gasteiger charge is -2.24. The number of carbonyl (C=O) groups excluding carboxylic acids is 2. The van der Waals surface area contributed by atoms with Crippen molar-refractivity contribution in [1.82, 2.24) is 0 Å². The first-order chi connectivity index (χ1) is 8.69. The number of hydrogen-bond donors (Lipinski definition) is 0. The van der Waals surface area contributed by atoms with E-state index in [-0.39, 0.29) is 11.6 Å². The van der Waals surface area contributed by atoms with Crippen molar-refractivity contribution < 1.29 is 19.1 Å². The highest BCUT2D eigenvalue weighted by Crippen LogP contribution is 2.23. The first-order valence-corrected chi connectivity index (χ1v) is 6.97. The van der Waals surface area contributed by atoms with Crippen LogP contribution in [0, 0.1) is 5.92 Å². The average Bonchev–Trinajstić information content (AvgIpc) is 2.34. The van der Waals surface area contributed by atoms with E-state index in [1.807, 2.05) is 6.92 Å². The molecule has 4 heteroatoms. The molecule has 0 aliphatic heterocycles. The van der Waals surface area contributed by atoms with Crippen molar-refractivity contribution in [3.63, 3.8) is 0 Å². The van der Waals surface area contributed by atoms with Crippen molar-refractivity contribution in [2.24, 2.45) is 5.92 Å². The van der Waals surface area contributed by atoms with Gasteiger partial charge in [0.1, 0.15) is 11.6 Å². The van der Waals surface area contributed by atoms with Gasteiger partial charge in [0.05, 0.1) is 5.92 Å². The largest absolute Gasteiger partial charge is 0.353 e. The number of Topliss-reactive ketones (excluding diaryl/α,β-unsaturated/α-hetero) is 2. The zero-order valence-corrected chi connectivity index (χ0v) is 11.4. The van der Waals surface area contributed by atoms with E-state index in [9.17, 15) is 9.59 Å². The minimum absolute atomic E-state index is 0.0510. The van der Waals surface area contributed by atoms with Crippen LogP contribution in [0.15, 0.2) is 0 Å². The van der Waals surface area contributed by atoms with Crippen molar-refractivity contribution in [2.45, 2.75) is 58.7 Å². The fourth-order valence-electron chi connectivity index (χ4n) is 2.15. The maximum atomic E-state index is 11.7. The van der Waals surface area contributed by atoms with Gasteiger partial charge < -0.3 is 9.47 Å². The molecule has 1 aliphatic rings. The lowest BCUT2D eigenvalue weighted by molar-refractivity contribution is -0.160. The molecule has 18 heavy (non-hydrogen) atoms. The summed E-state index contributed by atoms with van der Waals surface area (Å²) in [5.74, 6) is -0.401. The highest BCUT2D eigenvalue weighted by Gasteiger charge is 2.32. The van der Waals surface area contributed by atoms with E-state index in [4.69, 9.17) is 9.47 Å². The molecule has 0 N–H and O–H groups in total. The summed E-state index contributed by atoms with van der Waals surface area (Å²) in [6.07, 6.45) is 3.72. The molecular formula is C14H24O4. The van der Waals surface area contributed by atoms with Crippen molar-refractivity contribution in [2.75, 3.05) is 13.2 Å². The van der Waals surface area contributed by atoms with Gasteiger partial charge in [0, 0.05) is 32.5 Å². The highest BCUT2D eigenvalue weighted by atomic mass is 16.7. The van der Waals surface area contributed by atoms with E-state index in [0.29, 0.717) is 38.9 Å². The molecule has 0 aromatic heterocycles. The Morgan fingerprint density at radius 3 is 2.39 bits per heavy atom. The third kappa shape index (κ3) is 4.86. The summed E-state index contributed by atoms with van der Waals surface area (Å²) in [5.41, 5.74) is 0. The molecule has 104 valence electrons. The lowest BCUT2D eigenvalue weighted by atomic mass is 9.84. The lowest BCUT2D eigenvalue weighted by Crippen LogP contribution is -2.33. The first-order valence-electron chi connectivity index (χ1n) is 6.97. The minimum Gasteiger partial charge on any atom is -0.353 e. The van der Waals surface area contributed by atoms with Crippen LogP contribution >= 0.6 is 0 Å². The Morgan fingerprint density at radius 2 is 1.83 bits per heavy atom. The third-order valence-corrected chi connectivity index (χ3v) is 3.21. The molecule has 0 aromatic rings. The topological polar surface area (TPSA) is 52.6 Å². The Morgan fingerprint density at radius 1 is 1.17 bits per heavy atom. The van der Waals surface area contributed by atoms with Gasteiger partial charge in [-0.05, 0) is 19.8 Å². The summed E-state index contributed by atoms with van der Waals surface area (Å²) in [4.78, 5) is 23.5. The summed E-state index contributed by atoms with van der Waals surface area (Å²) in [6, 6.07) is 0. The van der Waals surface area contributed by atoms with Crippen LogP contribution in [0.25, 0.3) is 0 Å². The normalized spacial score (nSPS) is 19.2. The van der Waals surface area contributed by atoms with E-state index in [1.165, 1.54) is 0 Å². The number of ether oxygens (including phenoxy) is 2. The van der Waals surface area contributed by atoms with E-state index >= 15 is 0 Å². The Bertz CT molecular complexity index is 259. The summed E-state index contributed by atoms with van der Waals surface area (Å²) in [7, 11) is 0. The van der Waals surface area contributed by atoms with Crippen molar-refractivity contribution in [3.8, 4) is 0 Å². The van der Waals surface area contributed by atoms with Crippen molar-refractivity contribution in [3.05, 3.63) is 0 Å². The average molecular weight is 256 g/mol. The Balaban J connectivity index is 2.47. The first kappa shape index (κ1) is 15.3. The maximum absolute atomic E-state index is 11.7. The van der Waals surface area contributed by atoms with Gasteiger partial charge in [-0.1, -0.05) is 13.3 Å². The highest BCUT2D eigenvalue weighted by molar-refractivity contribution is 6.04. The molecule has 1 rings (SSSR count). The zero-order valence-electron chi connectivity index (χ0n) is 11.4. The van der Waals surface area contributed by atoms with Crippen molar-refractivity contribution in [1.29, 1.82) is 0 Å². The summed E-state index contributed by atoms with van der Waals surface area (Å²) in [5, 5.41) is 0. The summed E-state index contributed by atoms with van der Waals surface area (Å²) < 4.78 is 11.1. The van der Waals surface area contributed by atoms with Gasteiger partial charge in [0.25, 0.3) is 0 Å². The molecule has 1 fully saturated rings. The smallest absolute Gasteiger partial charge is 0.158 e. The number of hydrogen-bond acceptors (Lipinski definition) is 4. The zero-order chi connectivity index (χ0) is 13.4. The number of rotatable bonds is 8. The molecule has 1 unspecified atom stereocenters. The van der Waals surface area contributed by atoms with Gasteiger partial charge in [0.2, 0.25) is 0 Å². The van der Waals surface area contributed by atoms with Gasteiger partial charge in [-0.2, -0.15) is 0 Å². The van der Waals surface area contributed by atoms with Gasteiger partial charge in [-0.3, -0.25) is 9.59 Å². The molecule has 0 amide bonds. The maximum Gasteiger partial charge on any atom is 0.158 e. The number of ketones is 2. The molecule has 4 nitrogen and oxygen atoms in total. The SMILES string of the molecule is CCCCOC(CC1C(=O)CCCC1=O)OCC. The van der Waals surface area contributed by atoms with Crippen LogP contribution in [0.2, 0.25) is 0 Å². The molecule has 0 aromatic carbocycles. The molecule has 1 saturated carbocycles. The van der Waals surface area contributed by atoms with Gasteiger partial charge >= 0.3 is 0 Å². The van der Waals surface area contributed by atoms with Crippen molar-refractivity contribution >= 4 is 11.6 Å².